The summed E-state index contributed by atoms with van der Waals surface area (Å²) < 4.78 is 1.75. The maximum absolute atomic E-state index is 10.3. The van der Waals surface area contributed by atoms with Crippen molar-refractivity contribution in [2.75, 3.05) is 11.9 Å². The Morgan fingerprint density at radius 2 is 2.06 bits per heavy atom. The molecule has 18 heavy (non-hydrogen) atoms. The quantitative estimate of drug-likeness (QED) is 0.849. The largest absolute Gasteiger partial charge is 0.388 e. The third-order valence-corrected chi connectivity index (χ3v) is 3.44. The van der Waals surface area contributed by atoms with Gasteiger partial charge in [0.2, 0.25) is 0 Å². The van der Waals surface area contributed by atoms with Crippen LogP contribution in [0.15, 0.2) is 18.5 Å². The summed E-state index contributed by atoms with van der Waals surface area (Å²) in [5.74, 6) is 0.864. The normalized spacial score (nSPS) is 12.0. The van der Waals surface area contributed by atoms with Gasteiger partial charge in [0.1, 0.15) is 12.1 Å². The minimum atomic E-state index is -0.670. The van der Waals surface area contributed by atoms with E-state index in [-0.39, 0.29) is 0 Å². The summed E-state index contributed by atoms with van der Waals surface area (Å²) in [5.41, 5.74) is 1.26. The zero-order chi connectivity index (χ0) is 13.2. The first kappa shape index (κ1) is 12.8. The van der Waals surface area contributed by atoms with Crippen molar-refractivity contribution in [3.63, 3.8) is 0 Å². The molecule has 2 aromatic rings. The highest BCUT2D eigenvalue weighted by Crippen LogP contribution is 2.18. The fourth-order valence-electron chi connectivity index (χ4n) is 1.94. The number of aliphatic hydroxyl groups is 1. The van der Waals surface area contributed by atoms with Gasteiger partial charge in [0, 0.05) is 6.54 Å². The molecule has 0 aliphatic heterocycles. The zero-order valence-electron chi connectivity index (χ0n) is 11.1. The molecule has 0 bridgehead atoms. The molecule has 2 heterocycles. The predicted octanol–water partition coefficient (Wildman–Crippen LogP) is 2.00. The topological polar surface area (TPSA) is 62.5 Å². The molecule has 0 aliphatic rings. The Morgan fingerprint density at radius 3 is 2.72 bits per heavy atom. The summed E-state index contributed by atoms with van der Waals surface area (Å²) in [6, 6.07) is 3.98. The standard InChI is InChI=1S/C13H20N4O/c1-4-13(18,5-2)8-14-11-6-10(3)7-12-15-9-16-17(11)12/h6-7,9,14,18H,4-5,8H2,1-3H3. The van der Waals surface area contributed by atoms with Crippen LogP contribution in [-0.2, 0) is 0 Å². The summed E-state index contributed by atoms with van der Waals surface area (Å²) in [5, 5.41) is 17.7. The average Bonchev–Trinajstić information content (AvgIpc) is 2.83. The van der Waals surface area contributed by atoms with E-state index < -0.39 is 5.60 Å². The van der Waals surface area contributed by atoms with Crippen molar-refractivity contribution in [3.8, 4) is 0 Å². The Labute approximate surface area is 107 Å². The lowest BCUT2D eigenvalue weighted by Crippen LogP contribution is -2.35. The van der Waals surface area contributed by atoms with Gasteiger partial charge < -0.3 is 10.4 Å². The van der Waals surface area contributed by atoms with Gasteiger partial charge in [-0.1, -0.05) is 13.8 Å². The van der Waals surface area contributed by atoms with E-state index in [1.165, 1.54) is 6.33 Å². The minimum absolute atomic E-state index is 0.512. The molecule has 0 atom stereocenters. The van der Waals surface area contributed by atoms with Crippen molar-refractivity contribution in [2.45, 2.75) is 39.2 Å². The molecule has 5 nitrogen and oxygen atoms in total. The summed E-state index contributed by atoms with van der Waals surface area (Å²) in [6.45, 7) is 6.52. The first-order chi connectivity index (χ1) is 8.58. The van der Waals surface area contributed by atoms with Crippen LogP contribution in [-0.4, -0.2) is 31.9 Å². The molecule has 0 fully saturated rings. The third kappa shape index (κ3) is 2.46. The van der Waals surface area contributed by atoms with Gasteiger partial charge in [-0.05, 0) is 37.5 Å². The first-order valence-electron chi connectivity index (χ1n) is 6.34. The van der Waals surface area contributed by atoms with E-state index in [2.05, 4.69) is 15.4 Å². The van der Waals surface area contributed by atoms with Gasteiger partial charge >= 0.3 is 0 Å². The number of aromatic nitrogens is 3. The lowest BCUT2D eigenvalue weighted by atomic mass is 9.98. The number of rotatable bonds is 5. The molecule has 0 radical (unpaired) electrons. The molecule has 0 spiro atoms. The second kappa shape index (κ2) is 4.94. The molecule has 98 valence electrons. The fourth-order valence-corrected chi connectivity index (χ4v) is 1.94. The van der Waals surface area contributed by atoms with E-state index in [0.717, 1.165) is 29.9 Å². The van der Waals surface area contributed by atoms with Crippen LogP contribution in [0.3, 0.4) is 0 Å². The van der Waals surface area contributed by atoms with Gasteiger partial charge in [0.25, 0.3) is 0 Å². The van der Waals surface area contributed by atoms with E-state index in [1.807, 2.05) is 32.9 Å². The number of hydrogen-bond acceptors (Lipinski definition) is 4. The smallest absolute Gasteiger partial charge is 0.157 e. The van der Waals surface area contributed by atoms with E-state index in [1.54, 1.807) is 4.52 Å². The number of nitrogens with zero attached hydrogens (tertiary/aromatic N) is 3. The van der Waals surface area contributed by atoms with Crippen molar-refractivity contribution in [2.24, 2.45) is 0 Å². The van der Waals surface area contributed by atoms with Crippen LogP contribution in [0.5, 0.6) is 0 Å². The maximum Gasteiger partial charge on any atom is 0.157 e. The number of fused-ring (bicyclic) bond motifs is 1. The van der Waals surface area contributed by atoms with Gasteiger partial charge in [-0.15, -0.1) is 0 Å². The van der Waals surface area contributed by atoms with Crippen LogP contribution in [0, 0.1) is 6.92 Å². The average molecular weight is 248 g/mol. The predicted molar refractivity (Wildman–Crippen MR) is 71.7 cm³/mol. The fraction of sp³-hybridized carbons (Fsp3) is 0.538. The summed E-state index contributed by atoms with van der Waals surface area (Å²) in [4.78, 5) is 4.17. The van der Waals surface area contributed by atoms with Crippen molar-refractivity contribution >= 4 is 11.5 Å². The molecular weight excluding hydrogens is 228 g/mol. The SMILES string of the molecule is CCC(O)(CC)CNc1cc(C)cc2ncnn12. The summed E-state index contributed by atoms with van der Waals surface area (Å²) in [7, 11) is 0. The van der Waals surface area contributed by atoms with Gasteiger partial charge in [-0.25, -0.2) is 4.98 Å². The molecule has 5 heteroatoms. The molecule has 2 aromatic heterocycles. The van der Waals surface area contributed by atoms with Crippen molar-refractivity contribution in [3.05, 3.63) is 24.0 Å². The number of hydrogen-bond donors (Lipinski definition) is 2. The highest BCUT2D eigenvalue weighted by molar-refractivity contribution is 5.51. The lowest BCUT2D eigenvalue weighted by molar-refractivity contribution is 0.0456. The van der Waals surface area contributed by atoms with Gasteiger partial charge in [-0.3, -0.25) is 0 Å². The number of aryl methyl sites for hydroxylation is 1. The van der Waals surface area contributed by atoms with Crippen LogP contribution < -0.4 is 5.32 Å². The number of anilines is 1. The van der Waals surface area contributed by atoms with Gasteiger partial charge in [0.15, 0.2) is 5.65 Å². The van der Waals surface area contributed by atoms with E-state index in [0.29, 0.717) is 6.54 Å². The molecule has 0 saturated heterocycles. The van der Waals surface area contributed by atoms with Gasteiger partial charge in [-0.2, -0.15) is 9.61 Å². The highest BCUT2D eigenvalue weighted by Gasteiger charge is 2.22. The zero-order valence-corrected chi connectivity index (χ0v) is 11.1. The Kier molecular flexibility index (Phi) is 3.52. The van der Waals surface area contributed by atoms with Crippen molar-refractivity contribution in [1.82, 2.24) is 14.6 Å². The second-order valence-electron chi connectivity index (χ2n) is 4.73. The maximum atomic E-state index is 10.3. The Hall–Kier alpha value is -1.62. The van der Waals surface area contributed by atoms with E-state index >= 15 is 0 Å². The Bertz CT molecular complexity index is 531. The minimum Gasteiger partial charge on any atom is -0.388 e. The highest BCUT2D eigenvalue weighted by atomic mass is 16.3. The lowest BCUT2D eigenvalue weighted by Gasteiger charge is -2.26. The summed E-state index contributed by atoms with van der Waals surface area (Å²) >= 11 is 0. The van der Waals surface area contributed by atoms with E-state index in [9.17, 15) is 5.11 Å². The van der Waals surface area contributed by atoms with Crippen LogP contribution in [0.1, 0.15) is 32.3 Å². The molecule has 0 saturated carbocycles. The number of pyridine rings is 1. The molecule has 0 unspecified atom stereocenters. The van der Waals surface area contributed by atoms with Crippen LogP contribution >= 0.6 is 0 Å². The first-order valence-corrected chi connectivity index (χ1v) is 6.34. The van der Waals surface area contributed by atoms with Crippen molar-refractivity contribution < 1.29 is 5.11 Å². The Morgan fingerprint density at radius 1 is 1.33 bits per heavy atom. The molecule has 0 aromatic carbocycles. The van der Waals surface area contributed by atoms with Crippen molar-refractivity contribution in [1.29, 1.82) is 0 Å². The third-order valence-electron chi connectivity index (χ3n) is 3.44. The Balaban J connectivity index is 2.24. The monoisotopic (exact) mass is 248 g/mol. The number of nitrogens with one attached hydrogen (secondary N) is 1. The molecule has 2 rings (SSSR count). The summed E-state index contributed by atoms with van der Waals surface area (Å²) in [6.07, 6.45) is 2.98. The molecule has 0 aliphatic carbocycles. The molecular formula is C13H20N4O. The van der Waals surface area contributed by atoms with E-state index in [4.69, 9.17) is 0 Å². The molecule has 0 amide bonds. The van der Waals surface area contributed by atoms with Crippen LogP contribution in [0.25, 0.3) is 5.65 Å². The van der Waals surface area contributed by atoms with Gasteiger partial charge in [0.05, 0.1) is 5.60 Å². The van der Waals surface area contributed by atoms with Crippen LogP contribution in [0.4, 0.5) is 5.82 Å². The van der Waals surface area contributed by atoms with Crippen LogP contribution in [0.2, 0.25) is 0 Å². The molecule has 2 N–H and O–H groups in total. The second-order valence-corrected chi connectivity index (χ2v) is 4.73.